The molecule has 13 nitrogen and oxygen atoms in total. The normalized spacial score (nSPS) is 10.9. The van der Waals surface area contributed by atoms with Crippen LogP contribution in [0.1, 0.15) is 56.9 Å². The van der Waals surface area contributed by atoms with Crippen LogP contribution in [0.3, 0.4) is 0 Å². The number of benzene rings is 3. The number of pyridine rings is 1. The van der Waals surface area contributed by atoms with Crippen molar-refractivity contribution in [3.05, 3.63) is 107 Å². The van der Waals surface area contributed by atoms with Crippen molar-refractivity contribution in [2.24, 2.45) is 5.73 Å². The van der Waals surface area contributed by atoms with Crippen LogP contribution in [0.5, 0.6) is 5.75 Å². The maximum atomic E-state index is 13.5. The number of rotatable bonds is 24. The zero-order valence-electron chi connectivity index (χ0n) is 31.1. The first-order valence-corrected chi connectivity index (χ1v) is 18.2. The summed E-state index contributed by atoms with van der Waals surface area (Å²) in [4.78, 5) is 44.0. The second-order valence-corrected chi connectivity index (χ2v) is 12.2. The molecule has 4 aromatic rings. The van der Waals surface area contributed by atoms with Gasteiger partial charge in [0.1, 0.15) is 5.75 Å². The highest BCUT2D eigenvalue weighted by Gasteiger charge is 2.16. The fourth-order valence-electron chi connectivity index (χ4n) is 5.52. The van der Waals surface area contributed by atoms with Gasteiger partial charge in [-0.05, 0) is 99.0 Å². The number of nitrogens with two attached hydrogens (primary N) is 1. The smallest absolute Gasteiger partial charge is 0.255 e. The maximum absolute atomic E-state index is 13.5. The van der Waals surface area contributed by atoms with E-state index in [1.54, 1.807) is 30.3 Å². The Morgan fingerprint density at radius 1 is 0.722 bits per heavy atom. The standard InChI is InChI=1S/C41H51N5O8/c1-3-46(4-2)34-12-15-37(36(29-34)38-28-32(39(42)48)16-17-43-38)45-41(50)33-9-5-7-30(27-33)8-6-19-51-21-23-53-25-26-54-24-22-52-20-18-44-40(49)31-10-13-35(47)14-11-31/h5,7,9-17,27-29,47H,3-4,6,8,18-26H2,1-2H3,(H2,42,48)(H,44,49)(H,45,50). The summed E-state index contributed by atoms with van der Waals surface area (Å²) in [5, 5.41) is 15.1. The van der Waals surface area contributed by atoms with Crippen LogP contribution in [-0.2, 0) is 25.4 Å². The first-order chi connectivity index (χ1) is 26.3. The summed E-state index contributed by atoms with van der Waals surface area (Å²) in [6.07, 6.45) is 3.07. The number of phenols is 1. The van der Waals surface area contributed by atoms with Gasteiger partial charge in [-0.2, -0.15) is 0 Å². The molecule has 288 valence electrons. The minimum absolute atomic E-state index is 0.113. The van der Waals surface area contributed by atoms with Gasteiger partial charge < -0.3 is 45.3 Å². The molecule has 0 saturated heterocycles. The number of primary amides is 1. The lowest BCUT2D eigenvalue weighted by molar-refractivity contribution is -0.00158. The van der Waals surface area contributed by atoms with Crippen molar-refractivity contribution < 1.29 is 38.4 Å². The third kappa shape index (κ3) is 13.6. The van der Waals surface area contributed by atoms with Crippen LogP contribution in [0.25, 0.3) is 11.3 Å². The Morgan fingerprint density at radius 2 is 1.39 bits per heavy atom. The maximum Gasteiger partial charge on any atom is 0.255 e. The highest BCUT2D eigenvalue weighted by Crippen LogP contribution is 2.32. The number of nitrogens with one attached hydrogen (secondary N) is 2. The van der Waals surface area contributed by atoms with Crippen LogP contribution in [0.15, 0.2) is 85.1 Å². The van der Waals surface area contributed by atoms with Gasteiger partial charge in [-0.3, -0.25) is 19.4 Å². The SMILES string of the molecule is CCN(CC)c1ccc(NC(=O)c2cccc(CCCOCCOCCOCCOCCNC(=O)c3ccc(O)cc3)c2)c(-c2cc(C(N)=O)ccn2)c1. The number of aryl methyl sites for hydroxylation is 1. The van der Waals surface area contributed by atoms with E-state index in [2.05, 4.69) is 34.4 Å². The van der Waals surface area contributed by atoms with Crippen molar-refractivity contribution in [2.75, 3.05) is 82.7 Å². The Kier molecular flexibility index (Phi) is 17.4. The molecule has 0 unspecified atom stereocenters. The first kappa shape index (κ1) is 41.4. The van der Waals surface area contributed by atoms with Gasteiger partial charge in [0.2, 0.25) is 5.91 Å². The van der Waals surface area contributed by atoms with Crippen LogP contribution in [0.4, 0.5) is 11.4 Å². The fraction of sp³-hybridized carbons (Fsp3) is 0.366. The van der Waals surface area contributed by atoms with Crippen molar-refractivity contribution in [1.29, 1.82) is 0 Å². The zero-order chi connectivity index (χ0) is 38.5. The van der Waals surface area contributed by atoms with Gasteiger partial charge in [-0.15, -0.1) is 0 Å². The van der Waals surface area contributed by atoms with E-state index in [1.165, 1.54) is 18.3 Å². The van der Waals surface area contributed by atoms with Crippen LogP contribution < -0.4 is 21.3 Å². The van der Waals surface area contributed by atoms with Crippen LogP contribution in [-0.4, -0.2) is 100 Å². The molecule has 3 amide bonds. The number of hydrogen-bond donors (Lipinski definition) is 4. The summed E-state index contributed by atoms with van der Waals surface area (Å²) in [5.41, 5.74) is 10.7. The average Bonchev–Trinajstić information content (AvgIpc) is 3.19. The summed E-state index contributed by atoms with van der Waals surface area (Å²) in [7, 11) is 0. The van der Waals surface area contributed by atoms with E-state index in [4.69, 9.17) is 24.7 Å². The lowest BCUT2D eigenvalue weighted by atomic mass is 10.0. The number of anilines is 2. The van der Waals surface area contributed by atoms with E-state index >= 15 is 0 Å². The molecule has 13 heteroatoms. The number of aromatic nitrogens is 1. The quantitative estimate of drug-likeness (QED) is 0.0710. The molecule has 4 rings (SSSR count). The summed E-state index contributed by atoms with van der Waals surface area (Å²) in [6, 6.07) is 22.6. The Morgan fingerprint density at radius 3 is 2.06 bits per heavy atom. The third-order valence-corrected chi connectivity index (χ3v) is 8.42. The zero-order valence-corrected chi connectivity index (χ0v) is 31.1. The van der Waals surface area contributed by atoms with Gasteiger partial charge in [-0.25, -0.2) is 0 Å². The molecule has 0 aliphatic carbocycles. The Bertz CT molecular complexity index is 1780. The summed E-state index contributed by atoms with van der Waals surface area (Å²) >= 11 is 0. The van der Waals surface area contributed by atoms with Gasteiger partial charge in [-0.1, -0.05) is 12.1 Å². The number of carbonyl (C=O) groups excluding carboxylic acids is 3. The molecular weight excluding hydrogens is 690 g/mol. The lowest BCUT2D eigenvalue weighted by Gasteiger charge is -2.23. The van der Waals surface area contributed by atoms with E-state index < -0.39 is 5.91 Å². The largest absolute Gasteiger partial charge is 0.508 e. The molecule has 0 bridgehead atoms. The van der Waals surface area contributed by atoms with E-state index in [9.17, 15) is 19.5 Å². The summed E-state index contributed by atoms with van der Waals surface area (Å²) < 4.78 is 22.3. The number of amides is 3. The van der Waals surface area contributed by atoms with Crippen LogP contribution in [0, 0.1) is 0 Å². The number of ether oxygens (including phenoxy) is 4. The molecule has 0 saturated carbocycles. The van der Waals surface area contributed by atoms with Crippen LogP contribution in [0.2, 0.25) is 0 Å². The van der Waals surface area contributed by atoms with Crippen molar-refractivity contribution in [2.45, 2.75) is 26.7 Å². The van der Waals surface area contributed by atoms with Crippen LogP contribution >= 0.6 is 0 Å². The second-order valence-electron chi connectivity index (χ2n) is 12.2. The summed E-state index contributed by atoms with van der Waals surface area (Å²) in [6.45, 7) is 9.71. The van der Waals surface area contributed by atoms with Gasteiger partial charge >= 0.3 is 0 Å². The van der Waals surface area contributed by atoms with E-state index in [1.807, 2.05) is 36.4 Å². The van der Waals surface area contributed by atoms with Crippen molar-refractivity contribution in [3.63, 3.8) is 0 Å². The third-order valence-electron chi connectivity index (χ3n) is 8.42. The number of phenolic OH excluding ortho intramolecular Hbond substituents is 1. The lowest BCUT2D eigenvalue weighted by Crippen LogP contribution is -2.27. The predicted molar refractivity (Wildman–Crippen MR) is 208 cm³/mol. The molecule has 1 aromatic heterocycles. The van der Waals surface area contributed by atoms with Crippen molar-refractivity contribution in [1.82, 2.24) is 10.3 Å². The molecule has 54 heavy (non-hydrogen) atoms. The predicted octanol–water partition coefficient (Wildman–Crippen LogP) is 5.08. The first-order valence-electron chi connectivity index (χ1n) is 18.2. The highest BCUT2D eigenvalue weighted by molar-refractivity contribution is 6.06. The molecule has 0 radical (unpaired) electrons. The van der Waals surface area contributed by atoms with Gasteiger partial charge in [0.15, 0.2) is 0 Å². The van der Waals surface area contributed by atoms with Gasteiger partial charge in [0, 0.05) is 60.4 Å². The van der Waals surface area contributed by atoms with E-state index in [0.717, 1.165) is 37.2 Å². The molecule has 3 aromatic carbocycles. The molecule has 0 spiro atoms. The van der Waals surface area contributed by atoms with Gasteiger partial charge in [0.05, 0.1) is 57.6 Å². The monoisotopic (exact) mass is 741 g/mol. The minimum atomic E-state index is -0.550. The molecule has 0 fully saturated rings. The number of nitrogens with zero attached hydrogens (tertiary/aromatic N) is 2. The molecule has 1 heterocycles. The molecule has 5 N–H and O–H groups in total. The Labute approximate surface area is 316 Å². The summed E-state index contributed by atoms with van der Waals surface area (Å²) in [5.74, 6) is -0.913. The minimum Gasteiger partial charge on any atom is -0.508 e. The van der Waals surface area contributed by atoms with Gasteiger partial charge in [0.25, 0.3) is 11.8 Å². The van der Waals surface area contributed by atoms with E-state index in [-0.39, 0.29) is 17.6 Å². The van der Waals surface area contributed by atoms with Crippen molar-refractivity contribution >= 4 is 29.1 Å². The molecular formula is C41H51N5O8. The number of carbonyl (C=O) groups is 3. The number of aromatic hydroxyl groups is 1. The Balaban J connectivity index is 1.10. The number of hydrogen-bond acceptors (Lipinski definition) is 10. The molecule has 0 aliphatic heterocycles. The Hall–Kier alpha value is -5.34. The van der Waals surface area contributed by atoms with Crippen molar-refractivity contribution in [3.8, 4) is 17.0 Å². The van der Waals surface area contributed by atoms with E-state index in [0.29, 0.717) is 93.0 Å². The highest BCUT2D eigenvalue weighted by atomic mass is 16.6. The average molecular weight is 742 g/mol. The fourth-order valence-corrected chi connectivity index (χ4v) is 5.52. The topological polar surface area (TPSA) is 175 Å². The second kappa shape index (κ2) is 22.7. The molecule has 0 aliphatic rings. The molecule has 0 atom stereocenters.